The maximum atomic E-state index is 11.7. The average molecular weight is 247 g/mol. The van der Waals surface area contributed by atoms with E-state index in [0.717, 1.165) is 18.7 Å². The molecule has 1 N–H and O–H groups in total. The van der Waals surface area contributed by atoms with E-state index in [1.54, 1.807) is 30.2 Å². The molecule has 0 saturated carbocycles. The number of nitrogens with one attached hydrogen (secondary N) is 1. The molecule has 2 rings (SSSR count). The summed E-state index contributed by atoms with van der Waals surface area (Å²) in [5.74, 6) is -0.132. The van der Waals surface area contributed by atoms with Gasteiger partial charge in [0, 0.05) is 38.2 Å². The first kappa shape index (κ1) is 12.3. The maximum Gasteiger partial charge on any atom is 0.271 e. The number of amides is 1. The van der Waals surface area contributed by atoms with Gasteiger partial charge in [-0.25, -0.2) is 0 Å². The molecule has 2 aromatic heterocycles. The number of carbonyl (C=O) groups excluding carboxylic acids is 1. The van der Waals surface area contributed by atoms with Crippen molar-refractivity contribution < 1.29 is 4.79 Å². The Bertz CT molecular complexity index is 528. The van der Waals surface area contributed by atoms with E-state index < -0.39 is 0 Å². The molecule has 0 spiro atoms. The standard InChI is InChI=1S/C12H17N5O/c1-10-4-7-14-17(10)8-3-6-13-12(18)11-5-9-16(2)15-11/h4-5,7,9H,3,6,8H2,1-2H3,(H,13,18). The molecule has 1 amide bonds. The predicted molar refractivity (Wildman–Crippen MR) is 67.1 cm³/mol. The Balaban J connectivity index is 1.73. The molecule has 0 aliphatic heterocycles. The van der Waals surface area contributed by atoms with Crippen molar-refractivity contribution in [3.8, 4) is 0 Å². The Kier molecular flexibility index (Phi) is 3.76. The molecule has 6 heteroatoms. The predicted octanol–water partition coefficient (Wildman–Crippen LogP) is 0.745. The molecular weight excluding hydrogens is 230 g/mol. The largest absolute Gasteiger partial charge is 0.351 e. The van der Waals surface area contributed by atoms with Crippen molar-refractivity contribution in [1.29, 1.82) is 0 Å². The van der Waals surface area contributed by atoms with Gasteiger partial charge in [0.1, 0.15) is 5.69 Å². The Morgan fingerprint density at radius 3 is 2.89 bits per heavy atom. The van der Waals surface area contributed by atoms with Crippen molar-refractivity contribution in [2.45, 2.75) is 19.9 Å². The third-order valence-corrected chi connectivity index (χ3v) is 2.71. The van der Waals surface area contributed by atoms with Gasteiger partial charge in [0.2, 0.25) is 0 Å². The molecule has 0 aliphatic rings. The molecule has 0 unspecified atom stereocenters. The zero-order chi connectivity index (χ0) is 13.0. The van der Waals surface area contributed by atoms with E-state index in [4.69, 9.17) is 0 Å². The third kappa shape index (κ3) is 2.97. The summed E-state index contributed by atoms with van der Waals surface area (Å²) >= 11 is 0. The van der Waals surface area contributed by atoms with Crippen molar-refractivity contribution in [2.24, 2.45) is 7.05 Å². The van der Waals surface area contributed by atoms with Crippen LogP contribution < -0.4 is 5.32 Å². The Hall–Kier alpha value is -2.11. The van der Waals surface area contributed by atoms with E-state index in [0.29, 0.717) is 12.2 Å². The maximum absolute atomic E-state index is 11.7. The molecule has 0 bridgehead atoms. The van der Waals surface area contributed by atoms with E-state index in [1.165, 1.54) is 0 Å². The Labute approximate surface area is 106 Å². The Morgan fingerprint density at radius 2 is 2.28 bits per heavy atom. The highest BCUT2D eigenvalue weighted by Crippen LogP contribution is 1.97. The smallest absolute Gasteiger partial charge is 0.271 e. The van der Waals surface area contributed by atoms with Gasteiger partial charge in [-0.05, 0) is 25.5 Å². The minimum Gasteiger partial charge on any atom is -0.351 e. The SMILES string of the molecule is Cc1ccnn1CCCNC(=O)c1ccn(C)n1. The van der Waals surface area contributed by atoms with Gasteiger partial charge < -0.3 is 5.32 Å². The van der Waals surface area contributed by atoms with Crippen LogP contribution in [0.4, 0.5) is 0 Å². The van der Waals surface area contributed by atoms with Gasteiger partial charge in [-0.2, -0.15) is 10.2 Å². The molecule has 0 radical (unpaired) electrons. The summed E-state index contributed by atoms with van der Waals surface area (Å²) in [5.41, 5.74) is 1.58. The first-order chi connectivity index (χ1) is 8.66. The van der Waals surface area contributed by atoms with Gasteiger partial charge in [-0.15, -0.1) is 0 Å². The van der Waals surface area contributed by atoms with E-state index in [1.807, 2.05) is 17.7 Å². The topological polar surface area (TPSA) is 64.7 Å². The van der Waals surface area contributed by atoms with Crippen molar-refractivity contribution in [2.75, 3.05) is 6.54 Å². The lowest BCUT2D eigenvalue weighted by atomic mass is 10.3. The summed E-state index contributed by atoms with van der Waals surface area (Å²) in [6.07, 6.45) is 4.38. The summed E-state index contributed by atoms with van der Waals surface area (Å²) in [6.45, 7) is 3.44. The second-order valence-electron chi connectivity index (χ2n) is 4.18. The highest BCUT2D eigenvalue weighted by atomic mass is 16.1. The number of hydrogen-bond donors (Lipinski definition) is 1. The van der Waals surface area contributed by atoms with Gasteiger partial charge >= 0.3 is 0 Å². The molecule has 0 aromatic carbocycles. The molecule has 18 heavy (non-hydrogen) atoms. The monoisotopic (exact) mass is 247 g/mol. The fourth-order valence-electron chi connectivity index (χ4n) is 1.69. The fourth-order valence-corrected chi connectivity index (χ4v) is 1.69. The molecule has 0 fully saturated rings. The molecule has 0 aliphatic carbocycles. The number of hydrogen-bond acceptors (Lipinski definition) is 3. The number of nitrogens with zero attached hydrogens (tertiary/aromatic N) is 4. The molecule has 0 atom stereocenters. The molecule has 2 aromatic rings. The first-order valence-corrected chi connectivity index (χ1v) is 5.93. The summed E-state index contributed by atoms with van der Waals surface area (Å²) in [6, 6.07) is 3.67. The van der Waals surface area contributed by atoms with Crippen molar-refractivity contribution in [3.05, 3.63) is 35.9 Å². The van der Waals surface area contributed by atoms with Gasteiger partial charge in [-0.1, -0.05) is 0 Å². The number of carbonyl (C=O) groups is 1. The minimum absolute atomic E-state index is 0.132. The molecule has 0 saturated heterocycles. The second kappa shape index (κ2) is 5.48. The molecule has 6 nitrogen and oxygen atoms in total. The zero-order valence-electron chi connectivity index (χ0n) is 10.6. The zero-order valence-corrected chi connectivity index (χ0v) is 10.6. The van der Waals surface area contributed by atoms with Crippen LogP contribution in [-0.4, -0.2) is 32.0 Å². The molecule has 96 valence electrons. The lowest BCUT2D eigenvalue weighted by molar-refractivity contribution is 0.0947. The number of rotatable bonds is 5. The highest BCUT2D eigenvalue weighted by Gasteiger charge is 2.07. The van der Waals surface area contributed by atoms with Crippen molar-refractivity contribution in [3.63, 3.8) is 0 Å². The summed E-state index contributed by atoms with van der Waals surface area (Å²) in [4.78, 5) is 11.7. The van der Waals surface area contributed by atoms with Crippen LogP contribution in [0.2, 0.25) is 0 Å². The molecular formula is C12H17N5O. The Morgan fingerprint density at radius 1 is 1.44 bits per heavy atom. The summed E-state index contributed by atoms with van der Waals surface area (Å²) < 4.78 is 3.54. The van der Waals surface area contributed by atoms with Crippen molar-refractivity contribution >= 4 is 5.91 Å². The van der Waals surface area contributed by atoms with Crippen molar-refractivity contribution in [1.82, 2.24) is 24.9 Å². The lowest BCUT2D eigenvalue weighted by Crippen LogP contribution is -2.26. The van der Waals surface area contributed by atoms with E-state index in [2.05, 4.69) is 15.5 Å². The van der Waals surface area contributed by atoms with Crippen LogP contribution in [0.25, 0.3) is 0 Å². The van der Waals surface area contributed by atoms with Crippen LogP contribution in [0.1, 0.15) is 22.6 Å². The van der Waals surface area contributed by atoms with Gasteiger partial charge in [-0.3, -0.25) is 14.2 Å². The van der Waals surface area contributed by atoms with Crippen LogP contribution >= 0.6 is 0 Å². The fraction of sp³-hybridized carbons (Fsp3) is 0.417. The summed E-state index contributed by atoms with van der Waals surface area (Å²) in [5, 5.41) is 11.1. The normalized spacial score (nSPS) is 10.6. The quantitative estimate of drug-likeness (QED) is 0.793. The van der Waals surface area contributed by atoms with E-state index in [9.17, 15) is 4.79 Å². The summed E-state index contributed by atoms with van der Waals surface area (Å²) in [7, 11) is 1.79. The number of aromatic nitrogens is 4. The van der Waals surface area contributed by atoms with E-state index in [-0.39, 0.29) is 5.91 Å². The van der Waals surface area contributed by atoms with E-state index >= 15 is 0 Å². The van der Waals surface area contributed by atoms with Gasteiger partial charge in [0.25, 0.3) is 5.91 Å². The minimum atomic E-state index is -0.132. The third-order valence-electron chi connectivity index (χ3n) is 2.71. The average Bonchev–Trinajstić information content (AvgIpc) is 2.94. The van der Waals surface area contributed by atoms with Gasteiger partial charge in [0.05, 0.1) is 0 Å². The van der Waals surface area contributed by atoms with Crippen LogP contribution in [-0.2, 0) is 13.6 Å². The number of aryl methyl sites for hydroxylation is 3. The second-order valence-corrected chi connectivity index (χ2v) is 4.18. The lowest BCUT2D eigenvalue weighted by Gasteiger charge is -2.05. The van der Waals surface area contributed by atoms with Crippen LogP contribution in [0.3, 0.4) is 0 Å². The van der Waals surface area contributed by atoms with Crippen LogP contribution in [0, 0.1) is 6.92 Å². The van der Waals surface area contributed by atoms with Crippen LogP contribution in [0.15, 0.2) is 24.5 Å². The highest BCUT2D eigenvalue weighted by molar-refractivity contribution is 5.92. The van der Waals surface area contributed by atoms with Crippen LogP contribution in [0.5, 0.6) is 0 Å². The first-order valence-electron chi connectivity index (χ1n) is 5.93. The molecule has 2 heterocycles. The van der Waals surface area contributed by atoms with Gasteiger partial charge in [0.15, 0.2) is 0 Å².